The molecule has 0 radical (unpaired) electrons. The highest BCUT2D eigenvalue weighted by Crippen LogP contribution is 2.33. The molecule has 0 N–H and O–H groups in total. The molecule has 2 aliphatic rings. The molecule has 1 unspecified atom stereocenters. The third-order valence-corrected chi connectivity index (χ3v) is 4.69. The Balaban J connectivity index is 2.15. The van der Waals surface area contributed by atoms with Crippen LogP contribution in [-0.2, 0) is 4.79 Å². The van der Waals surface area contributed by atoms with Gasteiger partial charge in [-0.1, -0.05) is 38.5 Å². The fraction of sp³-hybridized carbons (Fsp3) is 0.933. The first kappa shape index (κ1) is 16.6. The molecule has 0 bridgehead atoms. The van der Waals surface area contributed by atoms with Crippen LogP contribution in [0, 0.1) is 0 Å². The summed E-state index contributed by atoms with van der Waals surface area (Å²) in [7, 11) is 0. The summed E-state index contributed by atoms with van der Waals surface area (Å²) < 4.78 is 51.3. The third kappa shape index (κ3) is 4.10. The van der Waals surface area contributed by atoms with Crippen molar-refractivity contribution in [2.45, 2.75) is 88.6 Å². The first-order valence-corrected chi connectivity index (χ1v) is 7.94. The predicted octanol–water partition coefficient (Wildman–Crippen LogP) is 4.38. The zero-order chi connectivity index (χ0) is 15.5. The number of halogens is 4. The molecular weight excluding hydrogens is 286 g/mol. The van der Waals surface area contributed by atoms with Crippen molar-refractivity contribution in [2.75, 3.05) is 0 Å². The number of amides is 1. The van der Waals surface area contributed by atoms with E-state index in [1.165, 1.54) is 4.90 Å². The van der Waals surface area contributed by atoms with Crippen molar-refractivity contribution in [3.63, 3.8) is 0 Å². The molecule has 2 nitrogen and oxygen atoms in total. The molecule has 6 heteroatoms. The lowest BCUT2D eigenvalue weighted by molar-refractivity contribution is -0.196. The van der Waals surface area contributed by atoms with Gasteiger partial charge in [0, 0.05) is 12.1 Å². The molecule has 0 aromatic rings. The molecular formula is C15H23F4NO. The van der Waals surface area contributed by atoms with E-state index >= 15 is 0 Å². The van der Waals surface area contributed by atoms with Gasteiger partial charge in [-0.2, -0.15) is 13.2 Å². The van der Waals surface area contributed by atoms with Crippen LogP contribution < -0.4 is 0 Å². The first-order chi connectivity index (χ1) is 9.91. The molecule has 0 aromatic carbocycles. The molecule has 0 spiro atoms. The normalized spacial score (nSPS) is 23.8. The Hall–Kier alpha value is -0.810. The van der Waals surface area contributed by atoms with Crippen molar-refractivity contribution < 1.29 is 22.4 Å². The van der Waals surface area contributed by atoms with Gasteiger partial charge in [0.1, 0.15) is 0 Å². The molecule has 2 fully saturated rings. The van der Waals surface area contributed by atoms with Crippen LogP contribution in [0.4, 0.5) is 17.6 Å². The molecule has 2 rings (SSSR count). The fourth-order valence-corrected chi connectivity index (χ4v) is 3.65. The van der Waals surface area contributed by atoms with Crippen LogP contribution in [0.1, 0.15) is 64.2 Å². The molecule has 1 amide bonds. The minimum absolute atomic E-state index is 0.213. The number of carbonyl (C=O) groups excluding carboxylic acids is 1. The number of alkyl halides is 4. The molecule has 122 valence electrons. The molecule has 0 saturated heterocycles. The summed E-state index contributed by atoms with van der Waals surface area (Å²) in [5.41, 5.74) is 0. The van der Waals surface area contributed by atoms with Crippen molar-refractivity contribution in [1.29, 1.82) is 0 Å². The zero-order valence-electron chi connectivity index (χ0n) is 12.2. The minimum Gasteiger partial charge on any atom is -0.334 e. The van der Waals surface area contributed by atoms with Gasteiger partial charge in [0.2, 0.25) is 0 Å². The van der Waals surface area contributed by atoms with E-state index in [2.05, 4.69) is 0 Å². The van der Waals surface area contributed by atoms with Crippen molar-refractivity contribution in [1.82, 2.24) is 4.90 Å². The Morgan fingerprint density at radius 3 is 1.57 bits per heavy atom. The highest BCUT2D eigenvalue weighted by atomic mass is 19.4. The molecule has 1 atom stereocenters. The summed E-state index contributed by atoms with van der Waals surface area (Å²) >= 11 is 0. The van der Waals surface area contributed by atoms with Gasteiger partial charge in [0.25, 0.3) is 12.1 Å². The molecule has 2 aliphatic carbocycles. The summed E-state index contributed by atoms with van der Waals surface area (Å²) in [4.78, 5) is 13.4. The first-order valence-electron chi connectivity index (χ1n) is 7.94. The lowest BCUT2D eigenvalue weighted by atomic mass is 9.88. The largest absolute Gasteiger partial charge is 0.428 e. The van der Waals surface area contributed by atoms with E-state index in [0.29, 0.717) is 25.7 Å². The number of hydrogen-bond acceptors (Lipinski definition) is 1. The molecule has 0 heterocycles. The summed E-state index contributed by atoms with van der Waals surface area (Å²) in [5, 5.41) is 0. The Morgan fingerprint density at radius 1 is 0.857 bits per heavy atom. The maximum atomic E-state index is 13.5. The minimum atomic E-state index is -5.10. The van der Waals surface area contributed by atoms with Gasteiger partial charge >= 0.3 is 6.18 Å². The van der Waals surface area contributed by atoms with E-state index in [0.717, 1.165) is 38.5 Å². The maximum absolute atomic E-state index is 13.5. The standard InChI is InChI=1S/C15H23F4NO/c16-13(15(17,18)19)14(21)20(11-7-3-1-4-8-11)12-9-5-2-6-10-12/h11-13H,1-10H2. The van der Waals surface area contributed by atoms with Crippen molar-refractivity contribution >= 4 is 5.91 Å². The molecule has 0 aromatic heterocycles. The van der Waals surface area contributed by atoms with E-state index in [9.17, 15) is 22.4 Å². The quantitative estimate of drug-likeness (QED) is 0.708. The third-order valence-electron chi connectivity index (χ3n) is 4.69. The maximum Gasteiger partial charge on any atom is 0.428 e. The van der Waals surface area contributed by atoms with E-state index in [4.69, 9.17) is 0 Å². The van der Waals surface area contributed by atoms with Gasteiger partial charge in [-0.3, -0.25) is 4.79 Å². The number of carbonyl (C=O) groups is 1. The van der Waals surface area contributed by atoms with Gasteiger partial charge in [-0.15, -0.1) is 0 Å². The average molecular weight is 309 g/mol. The average Bonchev–Trinajstić information content (AvgIpc) is 2.48. The van der Waals surface area contributed by atoms with Crippen LogP contribution in [0.3, 0.4) is 0 Å². The second kappa shape index (κ2) is 6.97. The molecule has 2 saturated carbocycles. The lowest BCUT2D eigenvalue weighted by Crippen LogP contribution is -2.54. The smallest absolute Gasteiger partial charge is 0.334 e. The lowest BCUT2D eigenvalue weighted by Gasteiger charge is -2.42. The van der Waals surface area contributed by atoms with Gasteiger partial charge in [0.15, 0.2) is 0 Å². The summed E-state index contributed by atoms with van der Waals surface area (Å²) in [5.74, 6) is -1.36. The molecule has 21 heavy (non-hydrogen) atoms. The summed E-state index contributed by atoms with van der Waals surface area (Å²) in [6.07, 6.45) is 0.0464. The van der Waals surface area contributed by atoms with Gasteiger partial charge in [0.05, 0.1) is 0 Å². The van der Waals surface area contributed by atoms with E-state index in [1.807, 2.05) is 0 Å². The van der Waals surface area contributed by atoms with Crippen LogP contribution in [0.5, 0.6) is 0 Å². The summed E-state index contributed by atoms with van der Waals surface area (Å²) in [6.45, 7) is 0. The second-order valence-electron chi connectivity index (χ2n) is 6.23. The fourth-order valence-electron chi connectivity index (χ4n) is 3.65. The predicted molar refractivity (Wildman–Crippen MR) is 71.5 cm³/mol. The highest BCUT2D eigenvalue weighted by molar-refractivity contribution is 5.82. The topological polar surface area (TPSA) is 20.3 Å². The SMILES string of the molecule is O=C(C(F)C(F)(F)F)N(C1CCCCC1)C1CCCCC1. The van der Waals surface area contributed by atoms with Crippen LogP contribution >= 0.6 is 0 Å². The van der Waals surface area contributed by atoms with Crippen molar-refractivity contribution in [3.05, 3.63) is 0 Å². The van der Waals surface area contributed by atoms with Crippen LogP contribution in [-0.4, -0.2) is 35.2 Å². The number of rotatable bonds is 3. The van der Waals surface area contributed by atoms with E-state index in [1.54, 1.807) is 0 Å². The van der Waals surface area contributed by atoms with Gasteiger partial charge < -0.3 is 4.90 Å². The number of nitrogens with zero attached hydrogens (tertiary/aromatic N) is 1. The Kier molecular flexibility index (Phi) is 5.49. The van der Waals surface area contributed by atoms with Crippen molar-refractivity contribution in [2.24, 2.45) is 0 Å². The van der Waals surface area contributed by atoms with E-state index < -0.39 is 18.3 Å². The Bertz CT molecular complexity index is 328. The Morgan fingerprint density at radius 2 is 1.24 bits per heavy atom. The molecule has 0 aliphatic heterocycles. The van der Waals surface area contributed by atoms with Gasteiger partial charge in [-0.25, -0.2) is 4.39 Å². The van der Waals surface area contributed by atoms with Crippen LogP contribution in [0.25, 0.3) is 0 Å². The number of hydrogen-bond donors (Lipinski definition) is 0. The Labute approximate surface area is 122 Å². The van der Waals surface area contributed by atoms with E-state index in [-0.39, 0.29) is 12.1 Å². The van der Waals surface area contributed by atoms with Crippen LogP contribution in [0.15, 0.2) is 0 Å². The highest BCUT2D eigenvalue weighted by Gasteiger charge is 2.49. The second-order valence-corrected chi connectivity index (χ2v) is 6.23. The van der Waals surface area contributed by atoms with Crippen LogP contribution in [0.2, 0.25) is 0 Å². The monoisotopic (exact) mass is 309 g/mol. The van der Waals surface area contributed by atoms with Gasteiger partial charge in [-0.05, 0) is 25.7 Å². The zero-order valence-corrected chi connectivity index (χ0v) is 12.2. The summed E-state index contributed by atoms with van der Waals surface area (Å²) in [6, 6.07) is -0.426. The van der Waals surface area contributed by atoms with Crippen molar-refractivity contribution in [3.8, 4) is 0 Å².